The lowest BCUT2D eigenvalue weighted by molar-refractivity contribution is 0.810. The van der Waals surface area contributed by atoms with Crippen LogP contribution in [0.1, 0.15) is 20.8 Å². The van der Waals surface area contributed by atoms with Crippen molar-refractivity contribution in [3.63, 3.8) is 0 Å². The largest absolute Gasteiger partial charge is 0.137 e. The Kier molecular flexibility index (Phi) is 3.34. The number of hydrogen-bond acceptors (Lipinski definition) is 3. The van der Waals surface area contributed by atoms with E-state index in [-0.39, 0.29) is 0 Å². The van der Waals surface area contributed by atoms with E-state index in [2.05, 4.69) is 38.3 Å². The highest BCUT2D eigenvalue weighted by Gasteiger charge is 2.11. The van der Waals surface area contributed by atoms with Gasteiger partial charge in [0.15, 0.2) is 0 Å². The zero-order chi connectivity index (χ0) is 8.32. The lowest BCUT2D eigenvalue weighted by atomic mass is 10.3. The van der Waals surface area contributed by atoms with E-state index in [1.807, 2.05) is 21.6 Å². The summed E-state index contributed by atoms with van der Waals surface area (Å²) < 4.78 is 1.75. The van der Waals surface area contributed by atoms with E-state index in [9.17, 15) is 0 Å². The predicted molar refractivity (Wildman–Crippen MR) is 57.5 cm³/mol. The summed E-state index contributed by atoms with van der Waals surface area (Å²) in [5.74, 6) is 0. The summed E-state index contributed by atoms with van der Waals surface area (Å²) in [6.45, 7) is 6.70. The standard InChI is InChI=1S/C8H12S3/c1-8(2,3)11-10-7-5-4-6-9-7/h4-6H,1-3H3. The maximum atomic E-state index is 2.23. The quantitative estimate of drug-likeness (QED) is 0.659. The van der Waals surface area contributed by atoms with Crippen LogP contribution in [0.2, 0.25) is 0 Å². The molecule has 0 bridgehead atoms. The van der Waals surface area contributed by atoms with Gasteiger partial charge in [0.2, 0.25) is 0 Å². The van der Waals surface area contributed by atoms with Gasteiger partial charge in [0, 0.05) is 4.75 Å². The maximum Gasteiger partial charge on any atom is 0.0706 e. The van der Waals surface area contributed by atoms with Crippen molar-refractivity contribution in [3.05, 3.63) is 17.5 Å². The molecule has 1 aromatic rings. The first-order chi connectivity index (χ1) is 5.08. The fourth-order valence-electron chi connectivity index (χ4n) is 0.477. The first kappa shape index (κ1) is 9.49. The summed E-state index contributed by atoms with van der Waals surface area (Å²) in [6.07, 6.45) is 0. The third-order valence-corrected chi connectivity index (χ3v) is 5.56. The Bertz CT molecular complexity index is 196. The van der Waals surface area contributed by atoms with Gasteiger partial charge in [-0.3, -0.25) is 0 Å². The molecule has 0 saturated carbocycles. The molecule has 0 aliphatic carbocycles. The Labute approximate surface area is 80.2 Å². The van der Waals surface area contributed by atoms with Gasteiger partial charge in [-0.1, -0.05) is 37.6 Å². The Balaban J connectivity index is 2.35. The summed E-state index contributed by atoms with van der Waals surface area (Å²) in [5, 5.41) is 2.12. The lowest BCUT2D eigenvalue weighted by Gasteiger charge is -2.14. The summed E-state index contributed by atoms with van der Waals surface area (Å²) in [5.41, 5.74) is 0. The Hall–Kier alpha value is 0.400. The van der Waals surface area contributed by atoms with E-state index in [1.165, 1.54) is 4.21 Å². The molecule has 0 aliphatic heterocycles. The van der Waals surface area contributed by atoms with E-state index >= 15 is 0 Å². The van der Waals surface area contributed by atoms with Gasteiger partial charge in [0.1, 0.15) is 0 Å². The van der Waals surface area contributed by atoms with E-state index in [0.717, 1.165) is 0 Å². The molecule has 0 spiro atoms. The van der Waals surface area contributed by atoms with Crippen LogP contribution in [0.4, 0.5) is 0 Å². The van der Waals surface area contributed by atoms with Crippen molar-refractivity contribution in [3.8, 4) is 0 Å². The Morgan fingerprint density at radius 2 is 2.09 bits per heavy atom. The maximum absolute atomic E-state index is 2.23. The smallest absolute Gasteiger partial charge is 0.0706 e. The first-order valence-electron chi connectivity index (χ1n) is 3.47. The minimum atomic E-state index is 0.356. The molecule has 0 saturated heterocycles. The molecule has 1 rings (SSSR count). The fraction of sp³-hybridized carbons (Fsp3) is 0.500. The number of thiophene rings is 1. The molecule has 0 atom stereocenters. The van der Waals surface area contributed by atoms with E-state index in [1.54, 1.807) is 11.3 Å². The van der Waals surface area contributed by atoms with E-state index in [4.69, 9.17) is 0 Å². The molecule has 0 aromatic carbocycles. The van der Waals surface area contributed by atoms with Crippen LogP contribution in [0.25, 0.3) is 0 Å². The molecule has 1 aromatic heterocycles. The zero-order valence-corrected chi connectivity index (χ0v) is 9.41. The van der Waals surface area contributed by atoms with E-state index in [0.29, 0.717) is 4.75 Å². The molecular formula is C8H12S3. The van der Waals surface area contributed by atoms with Crippen molar-refractivity contribution in [2.45, 2.75) is 29.7 Å². The molecule has 0 nitrogen and oxygen atoms in total. The Morgan fingerprint density at radius 3 is 2.55 bits per heavy atom. The molecule has 0 unspecified atom stereocenters. The van der Waals surface area contributed by atoms with Crippen LogP contribution < -0.4 is 0 Å². The molecule has 11 heavy (non-hydrogen) atoms. The monoisotopic (exact) mass is 204 g/mol. The summed E-state index contributed by atoms with van der Waals surface area (Å²) in [6, 6.07) is 4.25. The minimum absolute atomic E-state index is 0.356. The van der Waals surface area contributed by atoms with Crippen molar-refractivity contribution < 1.29 is 0 Å². The van der Waals surface area contributed by atoms with Gasteiger partial charge in [-0.05, 0) is 22.2 Å². The molecular weight excluding hydrogens is 192 g/mol. The van der Waals surface area contributed by atoms with E-state index < -0.39 is 0 Å². The third kappa shape index (κ3) is 4.09. The highest BCUT2D eigenvalue weighted by Crippen LogP contribution is 2.41. The van der Waals surface area contributed by atoms with Crippen LogP contribution in [0.15, 0.2) is 21.7 Å². The van der Waals surface area contributed by atoms with Gasteiger partial charge in [-0.25, -0.2) is 0 Å². The van der Waals surface area contributed by atoms with Crippen LogP contribution in [-0.2, 0) is 0 Å². The molecule has 0 radical (unpaired) electrons. The molecule has 0 amide bonds. The van der Waals surface area contributed by atoms with Crippen LogP contribution in [0.3, 0.4) is 0 Å². The fourth-order valence-corrected chi connectivity index (χ4v) is 3.54. The average Bonchev–Trinajstić information content (AvgIpc) is 2.32. The van der Waals surface area contributed by atoms with Crippen molar-refractivity contribution >= 4 is 32.9 Å². The third-order valence-electron chi connectivity index (χ3n) is 0.869. The van der Waals surface area contributed by atoms with Crippen molar-refractivity contribution in [2.24, 2.45) is 0 Å². The second-order valence-corrected chi connectivity index (χ2v) is 7.42. The van der Waals surface area contributed by atoms with Crippen LogP contribution in [0.5, 0.6) is 0 Å². The van der Waals surface area contributed by atoms with Gasteiger partial charge >= 0.3 is 0 Å². The SMILES string of the molecule is CC(C)(C)SSc1cccs1. The highest BCUT2D eigenvalue weighted by atomic mass is 33.1. The normalized spacial score (nSPS) is 11.9. The second-order valence-electron chi connectivity index (χ2n) is 3.21. The van der Waals surface area contributed by atoms with Gasteiger partial charge in [-0.2, -0.15) is 0 Å². The average molecular weight is 204 g/mol. The number of hydrogen-bond donors (Lipinski definition) is 0. The van der Waals surface area contributed by atoms with Crippen molar-refractivity contribution in [1.29, 1.82) is 0 Å². The van der Waals surface area contributed by atoms with Gasteiger partial charge in [0.05, 0.1) is 4.21 Å². The van der Waals surface area contributed by atoms with Gasteiger partial charge in [0.25, 0.3) is 0 Å². The lowest BCUT2D eigenvalue weighted by Crippen LogP contribution is -2.03. The van der Waals surface area contributed by atoms with Gasteiger partial charge < -0.3 is 0 Å². The van der Waals surface area contributed by atoms with Crippen molar-refractivity contribution in [1.82, 2.24) is 0 Å². The van der Waals surface area contributed by atoms with Crippen LogP contribution in [0, 0.1) is 0 Å². The summed E-state index contributed by atoms with van der Waals surface area (Å²) in [7, 11) is 3.79. The minimum Gasteiger partial charge on any atom is -0.137 e. The van der Waals surface area contributed by atoms with Crippen LogP contribution in [-0.4, -0.2) is 4.75 Å². The molecule has 0 fully saturated rings. The topological polar surface area (TPSA) is 0 Å². The second kappa shape index (κ2) is 3.87. The molecule has 62 valence electrons. The highest BCUT2D eigenvalue weighted by molar-refractivity contribution is 8.77. The molecule has 3 heteroatoms. The van der Waals surface area contributed by atoms with Crippen molar-refractivity contribution in [2.75, 3.05) is 0 Å². The van der Waals surface area contributed by atoms with Gasteiger partial charge in [-0.15, -0.1) is 11.3 Å². The summed E-state index contributed by atoms with van der Waals surface area (Å²) in [4.78, 5) is 0. The molecule has 0 N–H and O–H groups in total. The number of rotatable bonds is 2. The predicted octanol–water partition coefficient (Wildman–Crippen LogP) is 4.29. The first-order valence-corrected chi connectivity index (χ1v) is 6.50. The molecule has 0 aliphatic rings. The van der Waals surface area contributed by atoms with Crippen LogP contribution >= 0.6 is 32.9 Å². The zero-order valence-electron chi connectivity index (χ0n) is 6.96. The Morgan fingerprint density at radius 1 is 1.36 bits per heavy atom. The summed E-state index contributed by atoms with van der Waals surface area (Å²) >= 11 is 1.81. The molecule has 1 heterocycles.